The van der Waals surface area contributed by atoms with Gasteiger partial charge in [-0.15, -0.1) is 12.4 Å². The lowest BCUT2D eigenvalue weighted by Crippen LogP contribution is -2.33. The Morgan fingerprint density at radius 2 is 1.80 bits per heavy atom. The van der Waals surface area contributed by atoms with Crippen molar-refractivity contribution in [3.05, 3.63) is 51.5 Å². The fourth-order valence-electron chi connectivity index (χ4n) is 3.04. The lowest BCUT2D eigenvalue weighted by Gasteiger charge is -2.21. The smallest absolute Gasteiger partial charge is 0.260 e. The molecule has 0 saturated carbocycles. The number of halogens is 3. The summed E-state index contributed by atoms with van der Waals surface area (Å²) in [4.78, 5) is 21.9. The largest absolute Gasteiger partial charge is 0.494 e. The lowest BCUT2D eigenvalue weighted by atomic mass is 10.2. The van der Waals surface area contributed by atoms with Crippen LogP contribution in [0.1, 0.15) is 22.3 Å². The van der Waals surface area contributed by atoms with Gasteiger partial charge in [0.2, 0.25) is 0 Å². The average Bonchev–Trinajstić information content (AvgIpc) is 3.10. The summed E-state index contributed by atoms with van der Waals surface area (Å²) < 4.78 is 6.47. The number of carbonyl (C=O) groups excluding carboxylic acids is 1. The van der Waals surface area contributed by atoms with Crippen molar-refractivity contribution in [2.75, 3.05) is 39.2 Å². The number of thiazole rings is 1. The maximum atomic E-state index is 13.4. The Hall–Kier alpha value is -1.57. The Balaban J connectivity index is 0.00000320. The molecule has 3 aromatic rings. The molecule has 0 aliphatic rings. The zero-order chi connectivity index (χ0) is 21.1. The van der Waals surface area contributed by atoms with Crippen LogP contribution in [0.5, 0.6) is 5.75 Å². The zero-order valence-electron chi connectivity index (χ0n) is 17.2. The van der Waals surface area contributed by atoms with Gasteiger partial charge in [-0.3, -0.25) is 9.69 Å². The van der Waals surface area contributed by atoms with Gasteiger partial charge in [0, 0.05) is 22.2 Å². The third-order valence-electron chi connectivity index (χ3n) is 4.48. The fourth-order valence-corrected chi connectivity index (χ4v) is 4.64. The van der Waals surface area contributed by atoms with E-state index in [0.29, 0.717) is 33.0 Å². The van der Waals surface area contributed by atoms with Gasteiger partial charge in [-0.2, -0.15) is 0 Å². The van der Waals surface area contributed by atoms with Gasteiger partial charge in [0.05, 0.1) is 11.8 Å². The number of carbonyl (C=O) groups is 1. The van der Waals surface area contributed by atoms with Gasteiger partial charge >= 0.3 is 0 Å². The van der Waals surface area contributed by atoms with Gasteiger partial charge in [-0.05, 0) is 63.8 Å². The van der Waals surface area contributed by atoms with Crippen molar-refractivity contribution in [2.24, 2.45) is 0 Å². The van der Waals surface area contributed by atoms with Crippen molar-refractivity contribution in [3.63, 3.8) is 0 Å². The molecule has 0 N–H and O–H groups in total. The number of benzene rings is 2. The third-order valence-corrected chi connectivity index (χ3v) is 6.13. The molecule has 0 radical (unpaired) electrons. The molecule has 1 aromatic heterocycles. The Morgan fingerprint density at radius 3 is 2.40 bits per heavy atom. The molecule has 30 heavy (non-hydrogen) atoms. The predicted molar refractivity (Wildman–Crippen MR) is 129 cm³/mol. The molecular weight excluding hydrogens is 465 g/mol. The first-order valence-corrected chi connectivity index (χ1v) is 10.7. The number of ether oxygens (including phenoxy) is 1. The molecular formula is C21H24Cl3N3O2S. The number of aromatic nitrogens is 1. The normalized spacial score (nSPS) is 10.9. The van der Waals surface area contributed by atoms with Crippen molar-refractivity contribution >= 4 is 68.2 Å². The zero-order valence-corrected chi connectivity index (χ0v) is 20.4. The molecule has 1 heterocycles. The number of hydrogen-bond acceptors (Lipinski definition) is 5. The second-order valence-electron chi connectivity index (χ2n) is 7.03. The van der Waals surface area contributed by atoms with Gasteiger partial charge in [0.15, 0.2) is 5.13 Å². The van der Waals surface area contributed by atoms with Crippen LogP contribution in [0, 0.1) is 6.92 Å². The van der Waals surface area contributed by atoms with Crippen molar-refractivity contribution in [1.82, 2.24) is 9.88 Å². The van der Waals surface area contributed by atoms with Crippen molar-refractivity contribution < 1.29 is 9.53 Å². The number of amides is 1. The van der Waals surface area contributed by atoms with Gasteiger partial charge in [-0.25, -0.2) is 4.98 Å². The topological polar surface area (TPSA) is 45.7 Å². The molecule has 0 unspecified atom stereocenters. The van der Waals surface area contributed by atoms with Crippen LogP contribution in [-0.4, -0.2) is 50.1 Å². The maximum Gasteiger partial charge on any atom is 0.260 e. The number of anilines is 1. The molecule has 5 nitrogen and oxygen atoms in total. The molecule has 0 bridgehead atoms. The number of nitrogens with zero attached hydrogens (tertiary/aromatic N) is 3. The quantitative estimate of drug-likeness (QED) is 0.413. The Labute approximate surface area is 197 Å². The monoisotopic (exact) mass is 487 g/mol. The van der Waals surface area contributed by atoms with Crippen LogP contribution in [0.4, 0.5) is 5.13 Å². The summed E-state index contributed by atoms with van der Waals surface area (Å²) in [5.41, 5.74) is 2.30. The van der Waals surface area contributed by atoms with Gasteiger partial charge < -0.3 is 9.64 Å². The first-order valence-electron chi connectivity index (χ1n) is 9.17. The van der Waals surface area contributed by atoms with Crippen LogP contribution in [0.2, 0.25) is 10.0 Å². The minimum atomic E-state index is -0.177. The summed E-state index contributed by atoms with van der Waals surface area (Å²) in [5.74, 6) is 0.517. The second kappa shape index (κ2) is 10.6. The highest BCUT2D eigenvalue weighted by atomic mass is 35.5. The van der Waals surface area contributed by atoms with E-state index in [9.17, 15) is 4.79 Å². The van der Waals surface area contributed by atoms with E-state index in [0.717, 1.165) is 28.7 Å². The first kappa shape index (κ1) is 24.7. The summed E-state index contributed by atoms with van der Waals surface area (Å²) in [5, 5.41) is 1.49. The van der Waals surface area contributed by atoms with Gasteiger partial charge in [0.1, 0.15) is 11.3 Å². The number of rotatable bonds is 7. The lowest BCUT2D eigenvalue weighted by molar-refractivity contribution is 0.0986. The SMILES string of the molecule is COc1ccc(C)c2sc(N(CCCN(C)C)C(=O)c3cc(Cl)cc(Cl)c3)nc12.Cl. The predicted octanol–water partition coefficient (Wildman–Crippen LogP) is 5.94. The highest BCUT2D eigenvalue weighted by molar-refractivity contribution is 7.22. The van der Waals surface area contributed by atoms with Crippen LogP contribution in [-0.2, 0) is 0 Å². The van der Waals surface area contributed by atoms with E-state index in [2.05, 4.69) is 4.90 Å². The van der Waals surface area contributed by atoms with Crippen LogP contribution in [0.3, 0.4) is 0 Å². The number of aryl methyl sites for hydroxylation is 1. The van der Waals surface area contributed by atoms with Crippen LogP contribution >= 0.6 is 46.9 Å². The summed E-state index contributed by atoms with van der Waals surface area (Å²) >= 11 is 13.7. The summed E-state index contributed by atoms with van der Waals surface area (Å²) in [6.07, 6.45) is 0.805. The number of methoxy groups -OCH3 is 1. The molecule has 0 aliphatic carbocycles. The molecule has 3 rings (SSSR count). The van der Waals surface area contributed by atoms with Crippen LogP contribution < -0.4 is 9.64 Å². The second-order valence-corrected chi connectivity index (χ2v) is 8.88. The highest BCUT2D eigenvalue weighted by Crippen LogP contribution is 2.37. The van der Waals surface area contributed by atoms with Crippen LogP contribution in [0.15, 0.2) is 30.3 Å². The van der Waals surface area contributed by atoms with E-state index >= 15 is 0 Å². The summed E-state index contributed by atoms with van der Waals surface area (Å²) in [6, 6.07) is 8.78. The van der Waals surface area contributed by atoms with E-state index in [4.69, 9.17) is 32.9 Å². The highest BCUT2D eigenvalue weighted by Gasteiger charge is 2.23. The third kappa shape index (κ3) is 5.56. The van der Waals surface area contributed by atoms with Gasteiger partial charge in [-0.1, -0.05) is 40.6 Å². The number of hydrogen-bond donors (Lipinski definition) is 0. The number of fused-ring (bicyclic) bond motifs is 1. The Bertz CT molecular complexity index is 1020. The minimum Gasteiger partial charge on any atom is -0.494 e. The standard InChI is InChI=1S/C21H23Cl2N3O2S.ClH/c1-13-6-7-17(28-4)18-19(13)29-21(24-18)26(9-5-8-25(2)3)20(27)14-10-15(22)12-16(23)11-14;/h6-7,10-12H,5,8-9H2,1-4H3;1H. The Morgan fingerprint density at radius 1 is 1.13 bits per heavy atom. The van der Waals surface area contributed by atoms with E-state index in [1.807, 2.05) is 33.2 Å². The molecule has 2 aromatic carbocycles. The minimum absolute atomic E-state index is 0. The van der Waals surface area contributed by atoms with E-state index in [1.165, 1.54) is 11.3 Å². The molecule has 9 heteroatoms. The first-order chi connectivity index (χ1) is 13.8. The molecule has 0 atom stereocenters. The molecule has 0 aliphatic heterocycles. The molecule has 0 spiro atoms. The maximum absolute atomic E-state index is 13.4. The Kier molecular flexibility index (Phi) is 8.76. The molecule has 0 saturated heterocycles. The molecule has 1 amide bonds. The fraction of sp³-hybridized carbons (Fsp3) is 0.333. The van der Waals surface area contributed by atoms with Crippen LogP contribution in [0.25, 0.3) is 10.2 Å². The van der Waals surface area contributed by atoms with Crippen molar-refractivity contribution in [2.45, 2.75) is 13.3 Å². The molecule has 162 valence electrons. The summed E-state index contributed by atoms with van der Waals surface area (Å²) in [6.45, 7) is 3.41. The molecule has 0 fully saturated rings. The van der Waals surface area contributed by atoms with Gasteiger partial charge in [0.25, 0.3) is 5.91 Å². The van der Waals surface area contributed by atoms with E-state index in [1.54, 1.807) is 30.2 Å². The van der Waals surface area contributed by atoms with E-state index < -0.39 is 0 Å². The van der Waals surface area contributed by atoms with Crippen molar-refractivity contribution in [3.8, 4) is 5.75 Å². The van der Waals surface area contributed by atoms with Crippen molar-refractivity contribution in [1.29, 1.82) is 0 Å². The van der Waals surface area contributed by atoms with E-state index in [-0.39, 0.29) is 18.3 Å². The average molecular weight is 489 g/mol. The summed E-state index contributed by atoms with van der Waals surface area (Å²) in [7, 11) is 5.64.